The van der Waals surface area contributed by atoms with Crippen molar-refractivity contribution in [1.82, 2.24) is 10.2 Å². The first-order valence-electron chi connectivity index (χ1n) is 6.39. The van der Waals surface area contributed by atoms with Gasteiger partial charge in [0.05, 0.1) is 9.95 Å². The molecule has 1 saturated heterocycles. The van der Waals surface area contributed by atoms with Crippen molar-refractivity contribution in [3.8, 4) is 0 Å². The predicted molar refractivity (Wildman–Crippen MR) is 76.1 cm³/mol. The highest BCUT2D eigenvalue weighted by Crippen LogP contribution is 2.29. The summed E-state index contributed by atoms with van der Waals surface area (Å²) in [7, 11) is 0. The van der Waals surface area contributed by atoms with Crippen molar-refractivity contribution in [1.29, 1.82) is 0 Å². The second kappa shape index (κ2) is 5.76. The van der Waals surface area contributed by atoms with Crippen molar-refractivity contribution < 1.29 is 9.72 Å². The molecule has 108 valence electrons. The van der Waals surface area contributed by atoms with E-state index in [0.29, 0.717) is 13.1 Å². The third kappa shape index (κ3) is 2.62. The van der Waals surface area contributed by atoms with Gasteiger partial charge in [0.1, 0.15) is 5.56 Å². The molecule has 0 radical (unpaired) electrons. The van der Waals surface area contributed by atoms with Crippen LogP contribution in [0.2, 0.25) is 5.02 Å². The molecule has 0 bridgehead atoms. The zero-order chi connectivity index (χ0) is 14.9. The van der Waals surface area contributed by atoms with Crippen LogP contribution in [-0.2, 0) is 0 Å². The van der Waals surface area contributed by atoms with E-state index in [0.717, 1.165) is 0 Å². The summed E-state index contributed by atoms with van der Waals surface area (Å²) in [4.78, 5) is 24.8. The number of hydrogen-bond acceptors (Lipinski definition) is 4. The van der Waals surface area contributed by atoms with Gasteiger partial charge in [-0.05, 0) is 19.9 Å². The van der Waals surface area contributed by atoms with Crippen molar-refractivity contribution in [2.45, 2.75) is 25.9 Å². The van der Waals surface area contributed by atoms with Gasteiger partial charge >= 0.3 is 0 Å². The Labute approximate surface area is 121 Å². The largest absolute Gasteiger partial charge is 0.330 e. The Bertz CT molecular complexity index is 540. The van der Waals surface area contributed by atoms with Gasteiger partial charge in [-0.1, -0.05) is 17.7 Å². The van der Waals surface area contributed by atoms with E-state index in [-0.39, 0.29) is 34.3 Å². The number of nitrogens with zero attached hydrogens (tertiary/aromatic N) is 2. The number of amides is 1. The number of nitro benzene ring substituents is 1. The van der Waals surface area contributed by atoms with E-state index >= 15 is 0 Å². The van der Waals surface area contributed by atoms with Crippen LogP contribution >= 0.6 is 11.6 Å². The molecule has 0 spiro atoms. The summed E-state index contributed by atoms with van der Waals surface area (Å²) in [5.41, 5.74) is -0.278. The van der Waals surface area contributed by atoms with E-state index in [2.05, 4.69) is 5.32 Å². The topological polar surface area (TPSA) is 75.5 Å². The van der Waals surface area contributed by atoms with Gasteiger partial charge in [0, 0.05) is 31.2 Å². The normalized spacial score (nSPS) is 22.6. The Morgan fingerprint density at radius 1 is 1.40 bits per heavy atom. The third-order valence-electron chi connectivity index (χ3n) is 3.47. The zero-order valence-corrected chi connectivity index (χ0v) is 12.1. The minimum atomic E-state index is -0.573. The van der Waals surface area contributed by atoms with Gasteiger partial charge in [0.2, 0.25) is 0 Å². The Hall–Kier alpha value is -1.66. The molecule has 0 aliphatic carbocycles. The Kier molecular flexibility index (Phi) is 4.25. The zero-order valence-electron chi connectivity index (χ0n) is 11.3. The van der Waals surface area contributed by atoms with Crippen LogP contribution in [-0.4, -0.2) is 40.9 Å². The number of rotatable bonds is 2. The van der Waals surface area contributed by atoms with E-state index < -0.39 is 4.92 Å². The molecular weight excluding hydrogens is 282 g/mol. The summed E-state index contributed by atoms with van der Waals surface area (Å²) in [6.45, 7) is 5.13. The number of carbonyl (C=O) groups excluding carboxylic acids is 1. The summed E-state index contributed by atoms with van der Waals surface area (Å²) in [5, 5.41) is 14.4. The summed E-state index contributed by atoms with van der Waals surface area (Å²) in [5.74, 6) is -0.385. The standard InChI is InChI=1S/C13H16ClN3O3/c1-8-6-15-7-9(2)16(8)13(18)12-10(14)4-3-5-11(12)17(19)20/h3-5,8-9,15H,6-7H2,1-2H3. The monoisotopic (exact) mass is 297 g/mol. The number of halogens is 1. The minimum absolute atomic E-state index is 0.0280. The van der Waals surface area contributed by atoms with E-state index in [1.165, 1.54) is 18.2 Å². The highest BCUT2D eigenvalue weighted by molar-refractivity contribution is 6.34. The van der Waals surface area contributed by atoms with Gasteiger partial charge in [0.15, 0.2) is 0 Å². The fourth-order valence-electron chi connectivity index (χ4n) is 2.54. The van der Waals surface area contributed by atoms with Gasteiger partial charge in [0.25, 0.3) is 11.6 Å². The van der Waals surface area contributed by atoms with Crippen LogP contribution in [0.25, 0.3) is 0 Å². The molecule has 2 atom stereocenters. The molecule has 6 nitrogen and oxygen atoms in total. The molecule has 0 saturated carbocycles. The number of benzene rings is 1. The lowest BCUT2D eigenvalue weighted by Gasteiger charge is -2.39. The Balaban J connectivity index is 2.45. The van der Waals surface area contributed by atoms with E-state index in [9.17, 15) is 14.9 Å². The van der Waals surface area contributed by atoms with Crippen molar-refractivity contribution in [2.24, 2.45) is 0 Å². The van der Waals surface area contributed by atoms with Crippen LogP contribution in [0.3, 0.4) is 0 Å². The number of hydrogen-bond donors (Lipinski definition) is 1. The summed E-state index contributed by atoms with van der Waals surface area (Å²) in [6.07, 6.45) is 0. The first kappa shape index (κ1) is 14.7. The average molecular weight is 298 g/mol. The molecule has 1 aliphatic rings. The molecule has 1 N–H and O–H groups in total. The van der Waals surface area contributed by atoms with Crippen LogP contribution in [0.4, 0.5) is 5.69 Å². The molecule has 2 unspecified atom stereocenters. The van der Waals surface area contributed by atoms with E-state index in [4.69, 9.17) is 11.6 Å². The number of nitrogens with one attached hydrogen (secondary N) is 1. The maximum Gasteiger partial charge on any atom is 0.283 e. The first-order valence-corrected chi connectivity index (χ1v) is 6.77. The lowest BCUT2D eigenvalue weighted by Crippen LogP contribution is -2.57. The lowest BCUT2D eigenvalue weighted by atomic mass is 10.1. The summed E-state index contributed by atoms with van der Waals surface area (Å²) >= 11 is 6.02. The van der Waals surface area contributed by atoms with Crippen molar-refractivity contribution >= 4 is 23.2 Å². The molecule has 2 rings (SSSR count). The fourth-order valence-corrected chi connectivity index (χ4v) is 2.79. The molecule has 1 aromatic carbocycles. The van der Waals surface area contributed by atoms with Crippen LogP contribution in [0.15, 0.2) is 18.2 Å². The predicted octanol–water partition coefficient (Wildman–Crippen LogP) is 2.07. The summed E-state index contributed by atoms with van der Waals surface area (Å²) in [6, 6.07) is 4.20. The fraction of sp³-hybridized carbons (Fsp3) is 0.462. The Morgan fingerprint density at radius 3 is 2.55 bits per heavy atom. The maximum atomic E-state index is 12.7. The quantitative estimate of drug-likeness (QED) is 0.670. The smallest absolute Gasteiger partial charge is 0.283 e. The Morgan fingerprint density at radius 2 is 2.00 bits per heavy atom. The number of carbonyl (C=O) groups is 1. The second-order valence-corrected chi connectivity index (χ2v) is 5.37. The average Bonchev–Trinajstić information content (AvgIpc) is 2.37. The van der Waals surface area contributed by atoms with Gasteiger partial charge in [-0.15, -0.1) is 0 Å². The van der Waals surface area contributed by atoms with Crippen LogP contribution < -0.4 is 5.32 Å². The van der Waals surface area contributed by atoms with Gasteiger partial charge < -0.3 is 10.2 Å². The molecule has 1 heterocycles. The van der Waals surface area contributed by atoms with E-state index in [1.807, 2.05) is 13.8 Å². The van der Waals surface area contributed by atoms with Crippen molar-refractivity contribution in [3.63, 3.8) is 0 Å². The van der Waals surface area contributed by atoms with Crippen molar-refractivity contribution in [3.05, 3.63) is 38.9 Å². The second-order valence-electron chi connectivity index (χ2n) is 4.96. The number of piperazine rings is 1. The lowest BCUT2D eigenvalue weighted by molar-refractivity contribution is -0.385. The minimum Gasteiger partial charge on any atom is -0.330 e. The SMILES string of the molecule is CC1CNCC(C)N1C(=O)c1c(Cl)cccc1[N+](=O)[O-]. The highest BCUT2D eigenvalue weighted by atomic mass is 35.5. The molecular formula is C13H16ClN3O3. The van der Waals surface area contributed by atoms with Crippen LogP contribution in [0, 0.1) is 10.1 Å². The van der Waals surface area contributed by atoms with Gasteiger partial charge in [-0.2, -0.15) is 0 Å². The number of nitro groups is 1. The van der Waals surface area contributed by atoms with Gasteiger partial charge in [-0.3, -0.25) is 14.9 Å². The molecule has 1 fully saturated rings. The first-order chi connectivity index (χ1) is 9.43. The van der Waals surface area contributed by atoms with Crippen LogP contribution in [0.5, 0.6) is 0 Å². The van der Waals surface area contributed by atoms with E-state index in [1.54, 1.807) is 4.90 Å². The highest BCUT2D eigenvalue weighted by Gasteiger charge is 2.34. The summed E-state index contributed by atoms with van der Waals surface area (Å²) < 4.78 is 0. The van der Waals surface area contributed by atoms with Crippen molar-refractivity contribution in [2.75, 3.05) is 13.1 Å². The maximum absolute atomic E-state index is 12.7. The molecule has 20 heavy (non-hydrogen) atoms. The van der Waals surface area contributed by atoms with Crippen LogP contribution in [0.1, 0.15) is 24.2 Å². The molecule has 1 amide bonds. The third-order valence-corrected chi connectivity index (χ3v) is 3.78. The molecule has 0 aromatic heterocycles. The molecule has 1 aromatic rings. The molecule has 7 heteroatoms. The van der Waals surface area contributed by atoms with Gasteiger partial charge in [-0.25, -0.2) is 0 Å². The molecule has 1 aliphatic heterocycles.